The number of halogens is 5. The molecule has 0 N–H and O–H groups in total. The van der Waals surface area contributed by atoms with Gasteiger partial charge in [-0.2, -0.15) is 17.6 Å². The summed E-state index contributed by atoms with van der Waals surface area (Å²) in [6.45, 7) is -1.20. The first kappa shape index (κ1) is 13.5. The molecule has 0 amide bonds. The lowest BCUT2D eigenvalue weighted by atomic mass is 10.1. The topological polar surface area (TPSA) is 23.6 Å². The van der Waals surface area contributed by atoms with Crippen LogP contribution < -0.4 is 0 Å². The minimum Gasteiger partial charge on any atom is -0.293 e. The van der Waals surface area contributed by atoms with E-state index in [4.69, 9.17) is 0 Å². The molecule has 1 heterocycles. The summed E-state index contributed by atoms with van der Waals surface area (Å²) in [6, 6.07) is 2.65. The molecule has 0 radical (unpaired) electrons. The van der Waals surface area contributed by atoms with Crippen LogP contribution in [0.25, 0.3) is 0 Å². The summed E-state index contributed by atoms with van der Waals surface area (Å²) in [6.07, 6.45) is 0. The monoisotopic (exact) mass is 278 g/mol. The molecule has 0 aliphatic carbocycles. The molecule has 1 aromatic rings. The van der Waals surface area contributed by atoms with Crippen molar-refractivity contribution in [3.8, 4) is 0 Å². The van der Waals surface area contributed by atoms with Gasteiger partial charge in [0.2, 0.25) is 5.83 Å². The average molecular weight is 278 g/mol. The van der Waals surface area contributed by atoms with Crippen LogP contribution in [0.15, 0.2) is 42.1 Å². The fourth-order valence-corrected chi connectivity index (χ4v) is 1.55. The van der Waals surface area contributed by atoms with Crippen LogP contribution in [0.2, 0.25) is 0 Å². The zero-order valence-corrected chi connectivity index (χ0v) is 9.29. The Morgan fingerprint density at radius 1 is 1.16 bits per heavy atom. The number of carbonyl (C=O) groups is 1. The third kappa shape index (κ3) is 2.19. The van der Waals surface area contributed by atoms with Gasteiger partial charge in [0, 0.05) is 5.56 Å². The van der Waals surface area contributed by atoms with Crippen LogP contribution in [-0.2, 0) is 0 Å². The third-order valence-electron chi connectivity index (χ3n) is 2.53. The highest BCUT2D eigenvalue weighted by molar-refractivity contribution is 5.97. The minimum atomic E-state index is -4.52. The van der Waals surface area contributed by atoms with Gasteiger partial charge >= 0.3 is 6.05 Å². The molecule has 19 heavy (non-hydrogen) atoms. The van der Waals surface area contributed by atoms with Gasteiger partial charge < -0.3 is 0 Å². The lowest BCUT2D eigenvalue weighted by Gasteiger charge is -2.24. The van der Waals surface area contributed by atoms with Gasteiger partial charge in [-0.25, -0.2) is 0 Å². The lowest BCUT2D eigenvalue weighted by molar-refractivity contribution is -0.250. The van der Waals surface area contributed by atoms with Gasteiger partial charge in [-0.3, -0.25) is 4.79 Å². The molecule has 1 aliphatic heterocycles. The molecular weight excluding hydrogens is 271 g/mol. The molecule has 0 spiro atoms. The van der Waals surface area contributed by atoms with Crippen LogP contribution in [0.1, 0.15) is 10.4 Å². The average Bonchev–Trinajstić information content (AvgIpc) is 2.55. The number of nitrogens with zero attached hydrogens (tertiary/aromatic N) is 2. The van der Waals surface area contributed by atoms with Crippen LogP contribution >= 0.6 is 0 Å². The summed E-state index contributed by atoms with van der Waals surface area (Å²) in [7, 11) is 0. The second-order valence-electron chi connectivity index (χ2n) is 3.75. The Balaban J connectivity index is 2.19. The van der Waals surface area contributed by atoms with Crippen molar-refractivity contribution in [1.29, 1.82) is 0 Å². The van der Waals surface area contributed by atoms with Gasteiger partial charge in [0.05, 0.1) is 6.54 Å². The zero-order chi connectivity index (χ0) is 14.2. The zero-order valence-electron chi connectivity index (χ0n) is 9.29. The molecule has 0 saturated heterocycles. The minimum absolute atomic E-state index is 0.0272. The molecule has 1 aromatic carbocycles. The van der Waals surface area contributed by atoms with Crippen molar-refractivity contribution in [1.82, 2.24) is 10.2 Å². The molecule has 3 nitrogen and oxygen atoms in total. The highest BCUT2D eigenvalue weighted by Crippen LogP contribution is 2.42. The van der Waals surface area contributed by atoms with E-state index in [9.17, 15) is 26.8 Å². The molecule has 2 rings (SSSR count). The first-order valence-electron chi connectivity index (χ1n) is 5.11. The SMILES string of the molecule is O=C(CN1N(F)C(F)=C(F)C1(F)F)c1ccccc1. The lowest BCUT2D eigenvalue weighted by Crippen LogP contribution is -2.46. The molecule has 0 fully saturated rings. The molecule has 0 atom stereocenters. The normalized spacial score (nSPS) is 19.1. The molecule has 0 unspecified atom stereocenters. The molecule has 8 heteroatoms. The third-order valence-corrected chi connectivity index (χ3v) is 2.53. The van der Waals surface area contributed by atoms with Crippen molar-refractivity contribution in [2.45, 2.75) is 6.05 Å². The van der Waals surface area contributed by atoms with Gasteiger partial charge in [-0.15, -0.1) is 10.2 Å². The first-order chi connectivity index (χ1) is 8.85. The van der Waals surface area contributed by atoms with Crippen LogP contribution in [0.4, 0.5) is 22.0 Å². The van der Waals surface area contributed by atoms with Crippen molar-refractivity contribution in [2.24, 2.45) is 0 Å². The van der Waals surface area contributed by atoms with Crippen LogP contribution in [-0.4, -0.2) is 28.6 Å². The summed E-state index contributed by atoms with van der Waals surface area (Å²) >= 11 is 0. The number of benzene rings is 1. The highest BCUT2D eigenvalue weighted by Gasteiger charge is 2.57. The number of Topliss-reactive ketones (excluding diaryl/α,β-unsaturated/α-hetero) is 1. The number of carbonyl (C=O) groups excluding carboxylic acids is 1. The smallest absolute Gasteiger partial charge is 0.293 e. The highest BCUT2D eigenvalue weighted by atomic mass is 19.3. The summed E-state index contributed by atoms with van der Waals surface area (Å²) in [4.78, 5) is 11.6. The van der Waals surface area contributed by atoms with Crippen molar-refractivity contribution >= 4 is 5.78 Å². The Kier molecular flexibility index (Phi) is 3.27. The maximum Gasteiger partial charge on any atom is 0.380 e. The van der Waals surface area contributed by atoms with Crippen LogP contribution in [0, 0.1) is 0 Å². The van der Waals surface area contributed by atoms with Crippen molar-refractivity contribution in [3.63, 3.8) is 0 Å². The Morgan fingerprint density at radius 2 is 1.74 bits per heavy atom. The Labute approximate surface area is 104 Å². The van der Waals surface area contributed by atoms with Crippen LogP contribution in [0.3, 0.4) is 0 Å². The van der Waals surface area contributed by atoms with Gasteiger partial charge in [-0.05, 0) is 0 Å². The largest absolute Gasteiger partial charge is 0.380 e. The molecule has 0 aromatic heterocycles. The molecule has 1 aliphatic rings. The van der Waals surface area contributed by atoms with E-state index in [0.29, 0.717) is 0 Å². The predicted octanol–water partition coefficient (Wildman–Crippen LogP) is 2.99. The summed E-state index contributed by atoms with van der Waals surface area (Å²) in [5, 5.41) is -1.82. The molecule has 102 valence electrons. The number of hydrogen-bond donors (Lipinski definition) is 0. The summed E-state index contributed by atoms with van der Waals surface area (Å²) in [5.74, 6) is -5.81. The fourth-order valence-electron chi connectivity index (χ4n) is 1.55. The van der Waals surface area contributed by atoms with Gasteiger partial charge in [0.1, 0.15) is 0 Å². The van der Waals surface area contributed by atoms with Gasteiger partial charge in [-0.1, -0.05) is 34.8 Å². The van der Waals surface area contributed by atoms with E-state index in [1.807, 2.05) is 0 Å². The summed E-state index contributed by atoms with van der Waals surface area (Å²) in [5.41, 5.74) is 0.0272. The number of ketones is 1. The molecule has 0 saturated carbocycles. The standard InChI is InChI=1S/C11H7F5N2O/c12-9-10(13)18(16)17(11(9,14)15)6-8(19)7-4-2-1-3-5-7/h1-5H,6H2. The number of hydrogen-bond acceptors (Lipinski definition) is 3. The van der Waals surface area contributed by atoms with Gasteiger partial charge in [0.15, 0.2) is 5.78 Å². The second kappa shape index (κ2) is 4.61. The fraction of sp³-hybridized carbons (Fsp3) is 0.182. The van der Waals surface area contributed by atoms with E-state index in [1.165, 1.54) is 24.3 Å². The van der Waals surface area contributed by atoms with Crippen molar-refractivity contribution in [2.75, 3.05) is 6.54 Å². The molecule has 0 bridgehead atoms. The number of hydrazine groups is 1. The van der Waals surface area contributed by atoms with E-state index in [0.717, 1.165) is 0 Å². The Hall–Kier alpha value is -1.96. The Bertz CT molecular complexity index is 531. The van der Waals surface area contributed by atoms with E-state index in [1.54, 1.807) is 6.07 Å². The quantitative estimate of drug-likeness (QED) is 0.367. The van der Waals surface area contributed by atoms with Crippen molar-refractivity contribution < 1.29 is 26.8 Å². The van der Waals surface area contributed by atoms with Crippen LogP contribution in [0.5, 0.6) is 0 Å². The predicted molar refractivity (Wildman–Crippen MR) is 54.6 cm³/mol. The van der Waals surface area contributed by atoms with Crippen molar-refractivity contribution in [3.05, 3.63) is 47.7 Å². The van der Waals surface area contributed by atoms with Gasteiger partial charge in [0.25, 0.3) is 5.95 Å². The number of alkyl halides is 2. The maximum atomic E-state index is 13.2. The summed E-state index contributed by atoms with van der Waals surface area (Å²) < 4.78 is 65.0. The molecular formula is C11H7F5N2O. The van der Waals surface area contributed by atoms with E-state index >= 15 is 0 Å². The van der Waals surface area contributed by atoms with E-state index < -0.39 is 40.4 Å². The Morgan fingerprint density at radius 3 is 2.21 bits per heavy atom. The maximum absolute atomic E-state index is 13.2. The van der Waals surface area contributed by atoms with E-state index in [-0.39, 0.29) is 5.56 Å². The first-order valence-corrected chi connectivity index (χ1v) is 5.11. The van der Waals surface area contributed by atoms with E-state index in [2.05, 4.69) is 0 Å². The number of rotatable bonds is 3. The second-order valence-corrected chi connectivity index (χ2v) is 3.75.